The monoisotopic (exact) mass is 507 g/mol. The molecule has 2 aromatic carbocycles. The van der Waals surface area contributed by atoms with E-state index in [1.54, 1.807) is 12.1 Å². The van der Waals surface area contributed by atoms with Gasteiger partial charge in [0.25, 0.3) is 0 Å². The van der Waals surface area contributed by atoms with E-state index < -0.39 is 17.3 Å². The van der Waals surface area contributed by atoms with Crippen molar-refractivity contribution in [1.29, 1.82) is 5.26 Å². The second kappa shape index (κ2) is 9.82. The first-order valence-corrected chi connectivity index (χ1v) is 11.3. The molecule has 0 saturated carbocycles. The number of hydrogen-bond acceptors (Lipinski definition) is 10. The molecule has 37 heavy (non-hydrogen) atoms. The van der Waals surface area contributed by atoms with Crippen LogP contribution in [0.2, 0.25) is 0 Å². The zero-order valence-electron chi connectivity index (χ0n) is 19.6. The molecule has 0 unspecified atom stereocenters. The topological polar surface area (TPSA) is 116 Å². The summed E-state index contributed by atoms with van der Waals surface area (Å²) < 4.78 is 46.3. The summed E-state index contributed by atoms with van der Waals surface area (Å²) in [5, 5.41) is 12.5. The molecule has 0 spiro atoms. The van der Waals surface area contributed by atoms with Crippen molar-refractivity contribution >= 4 is 28.5 Å². The zero-order chi connectivity index (χ0) is 26.0. The Labute approximate surface area is 209 Å². The summed E-state index contributed by atoms with van der Waals surface area (Å²) in [7, 11) is 2.01. The maximum Gasteiger partial charge on any atom is 0.417 e. The molecule has 1 fully saturated rings. The first-order valence-electron chi connectivity index (χ1n) is 11.3. The molecule has 0 atom stereocenters. The Morgan fingerprint density at radius 2 is 1.78 bits per heavy atom. The van der Waals surface area contributed by atoms with Crippen LogP contribution in [0.4, 0.5) is 30.8 Å². The fraction of sp³-hybridized carbons (Fsp3) is 0.250. The van der Waals surface area contributed by atoms with Crippen LogP contribution >= 0.6 is 0 Å². The van der Waals surface area contributed by atoms with E-state index in [-0.39, 0.29) is 23.5 Å². The van der Waals surface area contributed by atoms with Crippen molar-refractivity contribution in [2.24, 2.45) is 0 Å². The Kier molecular flexibility index (Phi) is 6.41. The van der Waals surface area contributed by atoms with Crippen molar-refractivity contribution in [3.8, 4) is 18.0 Å². The van der Waals surface area contributed by atoms with E-state index in [2.05, 4.69) is 35.1 Å². The Bertz CT molecular complexity index is 1480. The second-order valence-electron chi connectivity index (χ2n) is 8.32. The van der Waals surface area contributed by atoms with Gasteiger partial charge in [0.15, 0.2) is 0 Å². The Morgan fingerprint density at radius 3 is 2.54 bits per heavy atom. The van der Waals surface area contributed by atoms with Crippen LogP contribution in [0.3, 0.4) is 0 Å². The average Bonchev–Trinajstić information content (AvgIpc) is 2.89. The van der Waals surface area contributed by atoms with Gasteiger partial charge in [0.05, 0.1) is 28.1 Å². The van der Waals surface area contributed by atoms with Crippen molar-refractivity contribution in [2.75, 3.05) is 43.4 Å². The number of nitriles is 1. The number of hydrogen-bond donors (Lipinski definition) is 1. The molecule has 1 saturated heterocycles. The highest BCUT2D eigenvalue weighted by atomic mass is 19.4. The molecular weight excluding hydrogens is 487 g/mol. The quantitative estimate of drug-likeness (QED) is 0.425. The Balaban J connectivity index is 1.52. The molecule has 10 nitrogen and oxygen atoms in total. The van der Waals surface area contributed by atoms with Crippen LogP contribution in [0.25, 0.3) is 10.9 Å². The number of alkyl halides is 3. The van der Waals surface area contributed by atoms with E-state index in [0.717, 1.165) is 25.2 Å². The summed E-state index contributed by atoms with van der Waals surface area (Å²) in [4.78, 5) is 25.7. The van der Waals surface area contributed by atoms with E-state index in [0.29, 0.717) is 29.9 Å². The summed E-state index contributed by atoms with van der Waals surface area (Å²) in [6.45, 7) is 2.85. The van der Waals surface area contributed by atoms with E-state index in [1.807, 2.05) is 30.1 Å². The minimum Gasteiger partial charge on any atom is -0.404 e. The standard InChI is InChI=1S/C24H20F3N9O/c1-35-8-10-36(11-9-35)22-32-21(31-16-7-6-15(13-28)18(12-16)24(25,26)27)33-23(34-22)37-20-17-4-2-3-5-19(17)29-14-30-20/h2-7,12,14H,8-11H2,1H3,(H,31,32,33,34). The van der Waals surface area contributed by atoms with Crippen molar-refractivity contribution < 1.29 is 17.9 Å². The average molecular weight is 507 g/mol. The molecular formula is C24H20F3N9O. The van der Waals surface area contributed by atoms with Crippen LogP contribution in [0.5, 0.6) is 11.9 Å². The van der Waals surface area contributed by atoms with Crippen molar-refractivity contribution in [3.05, 3.63) is 59.9 Å². The van der Waals surface area contributed by atoms with Gasteiger partial charge in [-0.25, -0.2) is 9.97 Å². The number of likely N-dealkylation sites (N-methyl/N-ethyl adjacent to an activating group) is 1. The van der Waals surface area contributed by atoms with Crippen LogP contribution < -0.4 is 15.0 Å². The number of nitrogens with one attached hydrogen (secondary N) is 1. The zero-order valence-corrected chi connectivity index (χ0v) is 19.6. The molecule has 2 aromatic heterocycles. The van der Waals surface area contributed by atoms with Gasteiger partial charge >= 0.3 is 12.2 Å². The SMILES string of the molecule is CN1CCN(c2nc(Nc3ccc(C#N)c(C(F)(F)F)c3)nc(Oc3ncnc4ccccc34)n2)CC1. The number of ether oxygens (including phenoxy) is 1. The largest absolute Gasteiger partial charge is 0.417 e. The van der Waals surface area contributed by atoms with Gasteiger partial charge in [0.2, 0.25) is 17.8 Å². The fourth-order valence-corrected chi connectivity index (χ4v) is 3.83. The Morgan fingerprint density at radius 1 is 1.00 bits per heavy atom. The molecule has 1 N–H and O–H groups in total. The summed E-state index contributed by atoms with van der Waals surface area (Å²) in [6, 6.07) is 12.0. The van der Waals surface area contributed by atoms with Crippen LogP contribution in [0, 0.1) is 11.3 Å². The lowest BCUT2D eigenvalue weighted by Crippen LogP contribution is -2.45. The third-order valence-corrected chi connectivity index (χ3v) is 5.79. The van der Waals surface area contributed by atoms with Crippen LogP contribution in [-0.2, 0) is 6.18 Å². The Hall–Kier alpha value is -4.57. The second-order valence-corrected chi connectivity index (χ2v) is 8.32. The highest BCUT2D eigenvalue weighted by molar-refractivity contribution is 5.83. The smallest absolute Gasteiger partial charge is 0.404 e. The van der Waals surface area contributed by atoms with Crippen LogP contribution in [0.1, 0.15) is 11.1 Å². The predicted molar refractivity (Wildman–Crippen MR) is 129 cm³/mol. The van der Waals surface area contributed by atoms with Crippen molar-refractivity contribution in [1.82, 2.24) is 29.8 Å². The van der Waals surface area contributed by atoms with Gasteiger partial charge in [-0.2, -0.15) is 33.4 Å². The molecule has 188 valence electrons. The van der Waals surface area contributed by atoms with E-state index >= 15 is 0 Å². The normalized spacial score (nSPS) is 14.4. The molecule has 0 amide bonds. The summed E-state index contributed by atoms with van der Waals surface area (Å²) in [5.41, 5.74) is -0.819. The molecule has 4 aromatic rings. The molecule has 13 heteroatoms. The lowest BCUT2D eigenvalue weighted by atomic mass is 10.1. The van der Waals surface area contributed by atoms with Gasteiger partial charge in [0, 0.05) is 31.9 Å². The van der Waals surface area contributed by atoms with Gasteiger partial charge in [0.1, 0.15) is 6.33 Å². The molecule has 3 heterocycles. The number of anilines is 3. The molecule has 1 aliphatic rings. The van der Waals surface area contributed by atoms with Crippen LogP contribution in [-0.4, -0.2) is 63.0 Å². The third-order valence-electron chi connectivity index (χ3n) is 5.79. The third kappa shape index (κ3) is 5.34. The number of aromatic nitrogens is 5. The number of halogens is 3. The summed E-state index contributed by atoms with van der Waals surface area (Å²) in [5.74, 6) is 0.517. The lowest BCUT2D eigenvalue weighted by Gasteiger charge is -2.32. The maximum atomic E-state index is 13.5. The van der Waals surface area contributed by atoms with Crippen LogP contribution in [0.15, 0.2) is 48.8 Å². The minimum atomic E-state index is -4.70. The number of para-hydroxylation sites is 1. The first-order chi connectivity index (χ1) is 17.8. The summed E-state index contributed by atoms with van der Waals surface area (Å²) in [6.07, 6.45) is -3.34. The van der Waals surface area contributed by atoms with Gasteiger partial charge in [-0.3, -0.25) is 0 Å². The molecule has 0 aliphatic carbocycles. The van der Waals surface area contributed by atoms with E-state index in [1.165, 1.54) is 12.4 Å². The van der Waals surface area contributed by atoms with E-state index in [9.17, 15) is 13.2 Å². The van der Waals surface area contributed by atoms with Crippen molar-refractivity contribution in [2.45, 2.75) is 6.18 Å². The maximum absolute atomic E-state index is 13.5. The highest BCUT2D eigenvalue weighted by Crippen LogP contribution is 2.34. The molecule has 0 bridgehead atoms. The number of piperazine rings is 1. The number of nitrogens with zero attached hydrogens (tertiary/aromatic N) is 8. The fourth-order valence-electron chi connectivity index (χ4n) is 3.83. The minimum absolute atomic E-state index is 0.0184. The van der Waals surface area contributed by atoms with Gasteiger partial charge < -0.3 is 19.9 Å². The lowest BCUT2D eigenvalue weighted by molar-refractivity contribution is -0.137. The molecule has 5 rings (SSSR count). The highest BCUT2D eigenvalue weighted by Gasteiger charge is 2.34. The number of rotatable bonds is 5. The van der Waals surface area contributed by atoms with Gasteiger partial charge in [-0.05, 0) is 37.4 Å². The number of benzene rings is 2. The van der Waals surface area contributed by atoms with Crippen molar-refractivity contribution in [3.63, 3.8) is 0 Å². The van der Waals surface area contributed by atoms with E-state index in [4.69, 9.17) is 10.00 Å². The predicted octanol–water partition coefficient (Wildman–Crippen LogP) is 3.99. The van der Waals surface area contributed by atoms with Gasteiger partial charge in [-0.15, -0.1) is 0 Å². The van der Waals surface area contributed by atoms with Gasteiger partial charge in [-0.1, -0.05) is 12.1 Å². The number of fused-ring (bicyclic) bond motifs is 1. The molecule has 0 radical (unpaired) electrons. The first kappa shape index (κ1) is 24.1. The summed E-state index contributed by atoms with van der Waals surface area (Å²) >= 11 is 0. The molecule has 1 aliphatic heterocycles.